The molecule has 34 heavy (non-hydrogen) atoms. The number of benzene rings is 4. The van der Waals surface area contributed by atoms with Crippen molar-refractivity contribution in [3.63, 3.8) is 0 Å². The van der Waals surface area contributed by atoms with Crippen LogP contribution in [0, 0.1) is 0 Å². The van der Waals surface area contributed by atoms with Gasteiger partial charge >= 0.3 is 0 Å². The van der Waals surface area contributed by atoms with Gasteiger partial charge in [-0.1, -0.05) is 103 Å². The number of rotatable bonds is 5. The van der Waals surface area contributed by atoms with Crippen LogP contribution in [0.3, 0.4) is 0 Å². The van der Waals surface area contributed by atoms with Gasteiger partial charge < -0.3 is 9.88 Å². The maximum Gasteiger partial charge on any atom is 0.216 e. The number of nitrogens with one attached hydrogen (secondary N) is 1. The van der Waals surface area contributed by atoms with E-state index in [0.29, 0.717) is 4.99 Å². The number of aromatic nitrogens is 3. The van der Waals surface area contributed by atoms with Crippen LogP contribution < -0.4 is 5.32 Å². The summed E-state index contributed by atoms with van der Waals surface area (Å²) in [6.07, 6.45) is 0. The molecule has 5 heteroatoms. The van der Waals surface area contributed by atoms with E-state index in [0.717, 1.165) is 46.0 Å². The van der Waals surface area contributed by atoms with E-state index in [4.69, 9.17) is 17.2 Å². The van der Waals surface area contributed by atoms with Gasteiger partial charge in [-0.2, -0.15) is 0 Å². The predicted octanol–water partition coefficient (Wildman–Crippen LogP) is 6.79. The maximum absolute atomic E-state index is 5.99. The van der Waals surface area contributed by atoms with Crippen LogP contribution >= 0.6 is 12.2 Å². The van der Waals surface area contributed by atoms with Gasteiger partial charge in [-0.25, -0.2) is 4.98 Å². The van der Waals surface area contributed by atoms with Crippen molar-refractivity contribution in [1.82, 2.24) is 14.0 Å². The Hall–Kier alpha value is -4.22. The number of thiocarbonyl (C=S) groups is 1. The standard InChI is InChI=1S/C29H22N4S/c34-28(30-23-16-8-3-9-17-23)27-26(22-14-6-2-7-15-22)31-29-32(20-21-12-4-1-5-13-21)24-18-10-11-19-25(24)33(27)29/h1-19H,20H2,(H,30,34). The molecule has 0 spiro atoms. The third-order valence-electron chi connectivity index (χ3n) is 5.99. The Morgan fingerprint density at radius 1 is 0.706 bits per heavy atom. The zero-order chi connectivity index (χ0) is 22.9. The van der Waals surface area contributed by atoms with Gasteiger partial charge in [0, 0.05) is 11.3 Å². The lowest BCUT2D eigenvalue weighted by Gasteiger charge is -2.10. The lowest BCUT2D eigenvalue weighted by molar-refractivity contribution is 0.845. The van der Waals surface area contributed by atoms with Crippen molar-refractivity contribution in [2.24, 2.45) is 0 Å². The fraction of sp³-hybridized carbons (Fsp3) is 0.0345. The molecule has 6 rings (SSSR count). The largest absolute Gasteiger partial charge is 0.345 e. The van der Waals surface area contributed by atoms with E-state index in [1.807, 2.05) is 54.6 Å². The fourth-order valence-corrected chi connectivity index (χ4v) is 4.75. The molecule has 0 unspecified atom stereocenters. The molecule has 0 bridgehead atoms. The van der Waals surface area contributed by atoms with E-state index in [2.05, 4.69) is 74.9 Å². The molecule has 0 aliphatic carbocycles. The number of anilines is 1. The van der Waals surface area contributed by atoms with Crippen molar-refractivity contribution in [3.05, 3.63) is 127 Å². The molecule has 0 amide bonds. The highest BCUT2D eigenvalue weighted by molar-refractivity contribution is 7.81. The summed E-state index contributed by atoms with van der Waals surface area (Å²) >= 11 is 5.99. The van der Waals surface area contributed by atoms with Crippen molar-refractivity contribution < 1.29 is 0 Å². The van der Waals surface area contributed by atoms with Gasteiger partial charge in [-0.3, -0.25) is 4.40 Å². The molecule has 4 nitrogen and oxygen atoms in total. The summed E-state index contributed by atoms with van der Waals surface area (Å²) in [5, 5.41) is 3.43. The Balaban J connectivity index is 1.61. The molecule has 0 fully saturated rings. The molecule has 0 radical (unpaired) electrons. The van der Waals surface area contributed by atoms with E-state index < -0.39 is 0 Å². The van der Waals surface area contributed by atoms with Crippen LogP contribution in [0.25, 0.3) is 28.1 Å². The maximum atomic E-state index is 5.99. The lowest BCUT2D eigenvalue weighted by atomic mass is 10.1. The molecule has 0 atom stereocenters. The van der Waals surface area contributed by atoms with Gasteiger partial charge in [-0.05, 0) is 29.8 Å². The van der Waals surface area contributed by atoms with E-state index in [1.165, 1.54) is 5.56 Å². The van der Waals surface area contributed by atoms with Crippen molar-refractivity contribution in [2.75, 3.05) is 5.32 Å². The number of hydrogen-bond donors (Lipinski definition) is 1. The molecule has 0 saturated heterocycles. The topological polar surface area (TPSA) is 34.3 Å². The van der Waals surface area contributed by atoms with E-state index in [-0.39, 0.29) is 0 Å². The Kier molecular flexibility index (Phi) is 5.17. The first-order valence-corrected chi connectivity index (χ1v) is 11.7. The molecule has 2 heterocycles. The Morgan fingerprint density at radius 3 is 2.00 bits per heavy atom. The molecule has 0 saturated carbocycles. The third kappa shape index (κ3) is 3.56. The predicted molar refractivity (Wildman–Crippen MR) is 143 cm³/mol. The van der Waals surface area contributed by atoms with Crippen molar-refractivity contribution >= 4 is 39.7 Å². The quantitative estimate of drug-likeness (QED) is 0.289. The highest BCUT2D eigenvalue weighted by atomic mass is 32.1. The first kappa shape index (κ1) is 20.4. The van der Waals surface area contributed by atoms with Gasteiger partial charge in [0.05, 0.1) is 17.6 Å². The molecule has 0 aliphatic heterocycles. The minimum atomic E-state index is 0.639. The van der Waals surface area contributed by atoms with E-state index in [1.54, 1.807) is 0 Å². The molecular formula is C29H22N4S. The second-order valence-electron chi connectivity index (χ2n) is 8.19. The summed E-state index contributed by atoms with van der Waals surface area (Å²) in [4.78, 5) is 5.82. The summed E-state index contributed by atoms with van der Waals surface area (Å²) in [6.45, 7) is 0.724. The normalized spacial score (nSPS) is 11.2. The molecule has 1 N–H and O–H groups in total. The first-order valence-electron chi connectivity index (χ1n) is 11.2. The summed E-state index contributed by atoms with van der Waals surface area (Å²) in [6, 6.07) is 39.2. The molecule has 164 valence electrons. The lowest BCUT2D eigenvalue weighted by Crippen LogP contribution is -2.14. The van der Waals surface area contributed by atoms with Crippen LogP contribution in [0.2, 0.25) is 0 Å². The average molecular weight is 459 g/mol. The first-order chi connectivity index (χ1) is 16.8. The Morgan fingerprint density at radius 2 is 1.29 bits per heavy atom. The van der Waals surface area contributed by atoms with Crippen LogP contribution in [0.1, 0.15) is 11.3 Å². The zero-order valence-corrected chi connectivity index (χ0v) is 19.2. The summed E-state index contributed by atoms with van der Waals surface area (Å²) < 4.78 is 4.46. The van der Waals surface area contributed by atoms with Crippen molar-refractivity contribution in [2.45, 2.75) is 6.54 Å². The van der Waals surface area contributed by atoms with E-state index >= 15 is 0 Å². The second kappa shape index (κ2) is 8.61. The molecular weight excluding hydrogens is 436 g/mol. The van der Waals surface area contributed by atoms with Crippen molar-refractivity contribution in [3.8, 4) is 11.3 Å². The van der Waals surface area contributed by atoms with Gasteiger partial charge in [-0.15, -0.1) is 0 Å². The van der Waals surface area contributed by atoms with Crippen LogP contribution in [0.4, 0.5) is 5.69 Å². The highest BCUT2D eigenvalue weighted by Gasteiger charge is 2.24. The van der Waals surface area contributed by atoms with Crippen LogP contribution in [-0.2, 0) is 6.54 Å². The fourth-order valence-electron chi connectivity index (χ4n) is 4.45. The van der Waals surface area contributed by atoms with Crippen LogP contribution in [-0.4, -0.2) is 18.9 Å². The zero-order valence-electron chi connectivity index (χ0n) is 18.4. The van der Waals surface area contributed by atoms with E-state index in [9.17, 15) is 0 Å². The van der Waals surface area contributed by atoms with Crippen molar-refractivity contribution in [1.29, 1.82) is 0 Å². The highest BCUT2D eigenvalue weighted by Crippen LogP contribution is 2.31. The minimum absolute atomic E-state index is 0.639. The third-order valence-corrected chi connectivity index (χ3v) is 6.29. The number of fused-ring (bicyclic) bond motifs is 3. The van der Waals surface area contributed by atoms with Gasteiger partial charge in [0.2, 0.25) is 5.78 Å². The van der Waals surface area contributed by atoms with Crippen LogP contribution in [0.5, 0.6) is 0 Å². The molecule has 2 aromatic heterocycles. The summed E-state index contributed by atoms with van der Waals surface area (Å²) in [7, 11) is 0. The van der Waals surface area contributed by atoms with Gasteiger partial charge in [0.1, 0.15) is 16.4 Å². The summed E-state index contributed by atoms with van der Waals surface area (Å²) in [5.41, 5.74) is 7.18. The Bertz CT molecular complexity index is 1600. The SMILES string of the molecule is S=C(Nc1ccccc1)c1c(-c2ccccc2)nc2n(Cc3ccccc3)c3ccccc3n12. The number of imidazole rings is 2. The Labute approximate surface area is 203 Å². The minimum Gasteiger partial charge on any atom is -0.345 e. The number of nitrogens with zero attached hydrogens (tertiary/aromatic N) is 3. The van der Waals surface area contributed by atoms with Crippen LogP contribution in [0.15, 0.2) is 115 Å². The average Bonchev–Trinajstić information content (AvgIpc) is 3.42. The summed E-state index contributed by atoms with van der Waals surface area (Å²) in [5.74, 6) is 0.871. The molecule has 0 aliphatic rings. The molecule has 4 aromatic carbocycles. The van der Waals surface area contributed by atoms with Gasteiger partial charge in [0.15, 0.2) is 0 Å². The smallest absolute Gasteiger partial charge is 0.216 e. The number of hydrogen-bond acceptors (Lipinski definition) is 2. The van der Waals surface area contributed by atoms with Gasteiger partial charge in [0.25, 0.3) is 0 Å². The number of para-hydroxylation sites is 3. The monoisotopic (exact) mass is 458 g/mol. The molecule has 6 aromatic rings. The second-order valence-corrected chi connectivity index (χ2v) is 8.60.